The third kappa shape index (κ3) is 4.85. The molecule has 5 rings (SSSR count). The summed E-state index contributed by atoms with van der Waals surface area (Å²) in [5.41, 5.74) is 4.35. The van der Waals surface area contributed by atoms with Crippen molar-refractivity contribution in [1.82, 2.24) is 14.9 Å². The highest BCUT2D eigenvalue weighted by Gasteiger charge is 2.49. The fourth-order valence-electron chi connectivity index (χ4n) is 5.48. The molecular formula is C31H31F2N3O2. The van der Waals surface area contributed by atoms with Gasteiger partial charge < -0.3 is 5.21 Å². The molecule has 0 bridgehead atoms. The highest BCUT2D eigenvalue weighted by Crippen LogP contribution is 2.47. The quantitative estimate of drug-likeness (QED) is 0.427. The first kappa shape index (κ1) is 26.1. The lowest BCUT2D eigenvalue weighted by molar-refractivity contribution is -0.216. The fourth-order valence-corrected chi connectivity index (χ4v) is 5.48. The van der Waals surface area contributed by atoms with Crippen LogP contribution in [0.2, 0.25) is 0 Å². The SMILES string of the molecule is CC1(C)c2cnc(CN3C/C(=C\c4ccc(F)cc4)C(=O)/C(=C/c4ccc(F)cc4)C3)cc2C(C)(C)N1O. The fraction of sp³-hybridized carbons (Fsp3) is 0.290. The van der Waals surface area contributed by atoms with Crippen LogP contribution in [0.15, 0.2) is 71.9 Å². The molecule has 0 atom stereocenters. The number of halogens is 2. The van der Waals surface area contributed by atoms with Crippen molar-refractivity contribution in [3.63, 3.8) is 0 Å². The molecule has 1 N–H and O–H groups in total. The number of pyridine rings is 1. The van der Waals surface area contributed by atoms with Gasteiger partial charge >= 0.3 is 0 Å². The first-order valence-electron chi connectivity index (χ1n) is 12.6. The molecule has 1 fully saturated rings. The average Bonchev–Trinajstić information content (AvgIpc) is 3.01. The smallest absolute Gasteiger partial charge is 0.187 e. The summed E-state index contributed by atoms with van der Waals surface area (Å²) >= 11 is 0. The molecule has 0 radical (unpaired) electrons. The Morgan fingerprint density at radius 1 is 0.842 bits per heavy atom. The van der Waals surface area contributed by atoms with E-state index in [1.807, 2.05) is 40.0 Å². The maximum absolute atomic E-state index is 13.5. The van der Waals surface area contributed by atoms with Crippen LogP contribution in [0.3, 0.4) is 0 Å². The van der Waals surface area contributed by atoms with Crippen LogP contribution in [0.25, 0.3) is 12.2 Å². The minimum absolute atomic E-state index is 0.0874. The molecule has 38 heavy (non-hydrogen) atoms. The molecule has 0 saturated carbocycles. The molecule has 2 aliphatic rings. The van der Waals surface area contributed by atoms with Gasteiger partial charge in [0.25, 0.3) is 0 Å². The summed E-state index contributed by atoms with van der Waals surface area (Å²) in [5.74, 6) is -0.762. The Balaban J connectivity index is 1.49. The van der Waals surface area contributed by atoms with Crippen molar-refractivity contribution in [3.05, 3.63) is 112 Å². The van der Waals surface area contributed by atoms with Crippen molar-refractivity contribution < 1.29 is 18.8 Å². The van der Waals surface area contributed by atoms with Crippen LogP contribution in [0.4, 0.5) is 8.78 Å². The van der Waals surface area contributed by atoms with Crippen LogP contribution in [-0.2, 0) is 22.4 Å². The zero-order valence-electron chi connectivity index (χ0n) is 22.0. The summed E-state index contributed by atoms with van der Waals surface area (Å²) in [6, 6.07) is 14.1. The lowest BCUT2D eigenvalue weighted by Crippen LogP contribution is -2.42. The molecular weight excluding hydrogens is 484 g/mol. The summed E-state index contributed by atoms with van der Waals surface area (Å²) in [6.45, 7) is 9.19. The van der Waals surface area contributed by atoms with Crippen molar-refractivity contribution in [1.29, 1.82) is 0 Å². The minimum Gasteiger partial charge on any atom is -0.312 e. The molecule has 1 aromatic heterocycles. The van der Waals surface area contributed by atoms with Gasteiger partial charge in [-0.3, -0.25) is 14.7 Å². The van der Waals surface area contributed by atoms with Crippen molar-refractivity contribution >= 4 is 17.9 Å². The summed E-state index contributed by atoms with van der Waals surface area (Å²) in [4.78, 5) is 20.3. The Kier molecular flexibility index (Phi) is 6.63. The van der Waals surface area contributed by atoms with E-state index in [0.29, 0.717) is 30.8 Å². The van der Waals surface area contributed by atoms with E-state index in [1.165, 1.54) is 29.3 Å². The third-order valence-electron chi connectivity index (χ3n) is 7.52. The van der Waals surface area contributed by atoms with Gasteiger partial charge in [0.05, 0.1) is 16.8 Å². The molecule has 1 saturated heterocycles. The number of hydrogen-bond donors (Lipinski definition) is 1. The number of Topliss-reactive ketones (excluding diaryl/α,β-unsaturated/α-hetero) is 1. The molecule has 3 heterocycles. The van der Waals surface area contributed by atoms with E-state index in [-0.39, 0.29) is 17.4 Å². The van der Waals surface area contributed by atoms with Gasteiger partial charge in [0.2, 0.25) is 0 Å². The Morgan fingerprint density at radius 3 is 1.82 bits per heavy atom. The number of nitrogens with zero attached hydrogens (tertiary/aromatic N) is 3. The first-order chi connectivity index (χ1) is 17.9. The summed E-state index contributed by atoms with van der Waals surface area (Å²) in [5, 5.41) is 12.2. The second kappa shape index (κ2) is 9.66. The number of likely N-dealkylation sites (tertiary alicyclic amines) is 1. The second-order valence-corrected chi connectivity index (χ2v) is 11.1. The molecule has 2 aliphatic heterocycles. The number of benzene rings is 2. The van der Waals surface area contributed by atoms with Gasteiger partial charge in [0, 0.05) is 37.0 Å². The maximum atomic E-state index is 13.5. The maximum Gasteiger partial charge on any atom is 0.187 e. The van der Waals surface area contributed by atoms with E-state index in [2.05, 4.69) is 4.90 Å². The van der Waals surface area contributed by atoms with Crippen LogP contribution in [0.1, 0.15) is 55.6 Å². The number of carbonyl (C=O) groups is 1. The van der Waals surface area contributed by atoms with E-state index < -0.39 is 11.1 Å². The number of rotatable bonds is 4. The van der Waals surface area contributed by atoms with Gasteiger partial charge in [0.1, 0.15) is 11.6 Å². The molecule has 0 aliphatic carbocycles. The van der Waals surface area contributed by atoms with Gasteiger partial charge in [-0.1, -0.05) is 24.3 Å². The molecule has 3 aromatic rings. The van der Waals surface area contributed by atoms with E-state index >= 15 is 0 Å². The lowest BCUT2D eigenvalue weighted by Gasteiger charge is -2.34. The Bertz CT molecular complexity index is 1370. The predicted molar refractivity (Wildman–Crippen MR) is 143 cm³/mol. The largest absolute Gasteiger partial charge is 0.312 e. The highest BCUT2D eigenvalue weighted by molar-refractivity contribution is 6.14. The van der Waals surface area contributed by atoms with Gasteiger partial charge in [-0.25, -0.2) is 8.78 Å². The van der Waals surface area contributed by atoms with Crippen molar-refractivity contribution in [2.24, 2.45) is 0 Å². The molecule has 0 amide bonds. The molecule has 7 heteroatoms. The van der Waals surface area contributed by atoms with Gasteiger partial charge in [0.15, 0.2) is 5.78 Å². The van der Waals surface area contributed by atoms with Crippen molar-refractivity contribution in [2.45, 2.75) is 45.3 Å². The standard InChI is InChI=1S/C31H31F2N3O2/c1-30(2)27-15-26(34-16-28(27)31(3,4)36(30)38)19-35-17-22(13-20-5-9-24(32)10-6-20)29(37)23(18-35)14-21-7-11-25(33)12-8-21/h5-16,38H,17-19H2,1-4H3/b22-13+,23-14+. The average molecular weight is 516 g/mol. The van der Waals surface area contributed by atoms with Crippen LogP contribution in [-0.4, -0.2) is 39.0 Å². The first-order valence-corrected chi connectivity index (χ1v) is 12.6. The van der Waals surface area contributed by atoms with E-state index in [1.54, 1.807) is 36.4 Å². The Labute approximate surface area is 221 Å². The second-order valence-electron chi connectivity index (χ2n) is 11.1. The Morgan fingerprint density at radius 2 is 1.32 bits per heavy atom. The number of piperidine rings is 1. The highest BCUT2D eigenvalue weighted by atomic mass is 19.1. The molecule has 0 spiro atoms. The molecule has 196 valence electrons. The van der Waals surface area contributed by atoms with Gasteiger partial charge in [-0.15, -0.1) is 0 Å². The third-order valence-corrected chi connectivity index (χ3v) is 7.52. The van der Waals surface area contributed by atoms with Crippen LogP contribution < -0.4 is 0 Å². The van der Waals surface area contributed by atoms with Gasteiger partial charge in [-0.05, 0) is 92.4 Å². The molecule has 0 unspecified atom stereocenters. The minimum atomic E-state index is -0.574. The number of hydrogen-bond acceptors (Lipinski definition) is 5. The van der Waals surface area contributed by atoms with Crippen LogP contribution in [0.5, 0.6) is 0 Å². The van der Waals surface area contributed by atoms with E-state index in [4.69, 9.17) is 4.98 Å². The number of carbonyl (C=O) groups excluding carboxylic acids is 1. The number of fused-ring (bicyclic) bond motifs is 1. The Hall–Kier alpha value is -3.52. The zero-order chi connectivity index (χ0) is 27.2. The number of aromatic nitrogens is 1. The molecule has 5 nitrogen and oxygen atoms in total. The van der Waals surface area contributed by atoms with E-state index in [0.717, 1.165) is 27.9 Å². The van der Waals surface area contributed by atoms with Gasteiger partial charge in [-0.2, -0.15) is 5.06 Å². The number of hydroxylamine groups is 2. The zero-order valence-corrected chi connectivity index (χ0v) is 22.0. The summed E-state index contributed by atoms with van der Waals surface area (Å²) in [7, 11) is 0. The summed E-state index contributed by atoms with van der Waals surface area (Å²) in [6.07, 6.45) is 5.41. The lowest BCUT2D eigenvalue weighted by atomic mass is 9.91. The summed E-state index contributed by atoms with van der Waals surface area (Å²) < 4.78 is 26.9. The predicted octanol–water partition coefficient (Wildman–Crippen LogP) is 6.09. The topological polar surface area (TPSA) is 56.7 Å². The normalized spacial score (nSPS) is 21.3. The van der Waals surface area contributed by atoms with Crippen LogP contribution >= 0.6 is 0 Å². The van der Waals surface area contributed by atoms with Crippen molar-refractivity contribution in [2.75, 3.05) is 13.1 Å². The van der Waals surface area contributed by atoms with E-state index in [9.17, 15) is 18.8 Å². The van der Waals surface area contributed by atoms with Crippen molar-refractivity contribution in [3.8, 4) is 0 Å². The monoisotopic (exact) mass is 515 g/mol. The van der Waals surface area contributed by atoms with Crippen LogP contribution in [0, 0.1) is 11.6 Å². The molecule has 2 aromatic carbocycles. The number of ketones is 1.